The van der Waals surface area contributed by atoms with E-state index < -0.39 is 5.97 Å². The first-order chi connectivity index (χ1) is 10.8. The van der Waals surface area contributed by atoms with E-state index in [1.165, 1.54) is 44.1 Å². The Balaban J connectivity index is 1.47. The van der Waals surface area contributed by atoms with Crippen molar-refractivity contribution in [2.24, 2.45) is 5.92 Å². The summed E-state index contributed by atoms with van der Waals surface area (Å²) in [6.07, 6.45) is 10.9. The van der Waals surface area contributed by atoms with E-state index in [0.29, 0.717) is 12.3 Å². The molecule has 0 fully saturated rings. The number of para-hydroxylation sites is 1. The van der Waals surface area contributed by atoms with Crippen molar-refractivity contribution in [2.45, 2.75) is 64.2 Å². The van der Waals surface area contributed by atoms with Crippen LogP contribution in [0, 0.1) is 5.92 Å². The van der Waals surface area contributed by atoms with Crippen LogP contribution in [0.4, 0.5) is 0 Å². The van der Waals surface area contributed by atoms with Gasteiger partial charge in [-0.3, -0.25) is 4.79 Å². The van der Waals surface area contributed by atoms with Crippen molar-refractivity contribution < 1.29 is 14.6 Å². The second-order valence-corrected chi connectivity index (χ2v) is 6.40. The van der Waals surface area contributed by atoms with Crippen LogP contribution in [0.3, 0.4) is 0 Å². The molecule has 1 atom stereocenters. The maximum absolute atomic E-state index is 10.4. The van der Waals surface area contributed by atoms with Gasteiger partial charge in [0, 0.05) is 6.42 Å². The van der Waals surface area contributed by atoms with E-state index in [0.717, 1.165) is 31.6 Å². The van der Waals surface area contributed by atoms with Crippen molar-refractivity contribution in [3.05, 3.63) is 29.8 Å². The van der Waals surface area contributed by atoms with Crippen LogP contribution in [0.25, 0.3) is 0 Å². The van der Waals surface area contributed by atoms with Crippen LogP contribution in [0.2, 0.25) is 0 Å². The lowest BCUT2D eigenvalue weighted by atomic mass is 9.92. The predicted molar refractivity (Wildman–Crippen MR) is 88.3 cm³/mol. The van der Waals surface area contributed by atoms with E-state index in [9.17, 15) is 4.79 Å². The van der Waals surface area contributed by atoms with Gasteiger partial charge in [0.15, 0.2) is 0 Å². The summed E-state index contributed by atoms with van der Waals surface area (Å²) in [7, 11) is 0. The average molecular weight is 304 g/mol. The van der Waals surface area contributed by atoms with Crippen molar-refractivity contribution in [1.82, 2.24) is 0 Å². The molecule has 0 unspecified atom stereocenters. The molecule has 0 saturated carbocycles. The van der Waals surface area contributed by atoms with Crippen molar-refractivity contribution in [1.29, 1.82) is 0 Å². The van der Waals surface area contributed by atoms with Crippen molar-refractivity contribution in [3.63, 3.8) is 0 Å². The molecule has 122 valence electrons. The lowest BCUT2D eigenvalue weighted by molar-refractivity contribution is -0.137. The zero-order chi connectivity index (χ0) is 15.6. The summed E-state index contributed by atoms with van der Waals surface area (Å²) >= 11 is 0. The van der Waals surface area contributed by atoms with E-state index >= 15 is 0 Å². The topological polar surface area (TPSA) is 46.5 Å². The van der Waals surface area contributed by atoms with Crippen LogP contribution in [0.1, 0.15) is 63.4 Å². The van der Waals surface area contributed by atoms with Gasteiger partial charge in [-0.2, -0.15) is 0 Å². The fourth-order valence-corrected chi connectivity index (χ4v) is 3.17. The SMILES string of the molecule is O=C(O)CCCCCCCCC[C@@H]1COc2ccccc2C1. The Bertz CT molecular complexity index is 456. The van der Waals surface area contributed by atoms with E-state index in [1.807, 2.05) is 6.07 Å². The molecule has 1 aliphatic heterocycles. The molecule has 1 aromatic carbocycles. The van der Waals surface area contributed by atoms with E-state index in [1.54, 1.807) is 0 Å². The van der Waals surface area contributed by atoms with Gasteiger partial charge in [0.1, 0.15) is 5.75 Å². The Morgan fingerprint density at radius 3 is 2.50 bits per heavy atom. The van der Waals surface area contributed by atoms with E-state index in [4.69, 9.17) is 9.84 Å². The summed E-state index contributed by atoms with van der Waals surface area (Å²) in [5, 5.41) is 8.56. The number of carboxylic acid groups (broad SMARTS) is 1. The monoisotopic (exact) mass is 304 g/mol. The molecule has 0 saturated heterocycles. The fraction of sp³-hybridized carbons (Fsp3) is 0.632. The third-order valence-corrected chi connectivity index (χ3v) is 4.46. The molecular formula is C19H28O3. The summed E-state index contributed by atoms with van der Waals surface area (Å²) in [6.45, 7) is 0.867. The van der Waals surface area contributed by atoms with Crippen molar-refractivity contribution in [2.75, 3.05) is 6.61 Å². The average Bonchev–Trinajstić information content (AvgIpc) is 2.53. The molecule has 1 aliphatic rings. The molecule has 0 spiro atoms. The molecule has 0 amide bonds. The van der Waals surface area contributed by atoms with Crippen LogP contribution < -0.4 is 4.74 Å². The van der Waals surface area contributed by atoms with Crippen LogP contribution in [0.15, 0.2) is 24.3 Å². The maximum Gasteiger partial charge on any atom is 0.303 e. The Labute approximate surface area is 133 Å². The minimum Gasteiger partial charge on any atom is -0.493 e. The lowest BCUT2D eigenvalue weighted by Crippen LogP contribution is -2.20. The molecule has 0 radical (unpaired) electrons. The highest BCUT2D eigenvalue weighted by Gasteiger charge is 2.18. The summed E-state index contributed by atoms with van der Waals surface area (Å²) in [6, 6.07) is 8.37. The first kappa shape index (κ1) is 16.9. The second kappa shape index (κ2) is 9.50. The van der Waals surface area contributed by atoms with Crippen molar-refractivity contribution in [3.8, 4) is 5.75 Å². The number of hydrogen-bond acceptors (Lipinski definition) is 2. The third kappa shape index (κ3) is 6.08. The Hall–Kier alpha value is -1.51. The normalized spacial score (nSPS) is 16.8. The summed E-state index contributed by atoms with van der Waals surface area (Å²) in [5.41, 5.74) is 1.36. The quantitative estimate of drug-likeness (QED) is 0.630. The molecule has 1 heterocycles. The van der Waals surface area contributed by atoms with Gasteiger partial charge in [-0.1, -0.05) is 56.7 Å². The maximum atomic E-state index is 10.4. The highest BCUT2D eigenvalue weighted by molar-refractivity contribution is 5.66. The molecule has 1 aromatic rings. The molecular weight excluding hydrogens is 276 g/mol. The van der Waals surface area contributed by atoms with Crippen LogP contribution >= 0.6 is 0 Å². The molecule has 1 N–H and O–H groups in total. The minimum absolute atomic E-state index is 0.323. The van der Waals surface area contributed by atoms with Gasteiger partial charge in [-0.05, 0) is 36.8 Å². The fourth-order valence-electron chi connectivity index (χ4n) is 3.17. The zero-order valence-electron chi connectivity index (χ0n) is 13.4. The Kier molecular flexibility index (Phi) is 7.27. The molecule has 0 bridgehead atoms. The van der Waals surface area contributed by atoms with Crippen LogP contribution in [0.5, 0.6) is 5.75 Å². The number of ether oxygens (including phenoxy) is 1. The van der Waals surface area contributed by atoms with Gasteiger partial charge < -0.3 is 9.84 Å². The smallest absolute Gasteiger partial charge is 0.303 e. The standard InChI is InChI=1S/C19H28O3/c20-19(21)13-7-5-3-1-2-4-6-10-16-14-17-11-8-9-12-18(17)22-15-16/h8-9,11-12,16H,1-7,10,13-15H2,(H,20,21)/t16-/m0/s1. The van der Waals surface area contributed by atoms with Crippen molar-refractivity contribution >= 4 is 5.97 Å². The Morgan fingerprint density at radius 1 is 1.05 bits per heavy atom. The number of fused-ring (bicyclic) bond motifs is 1. The summed E-state index contributed by atoms with van der Waals surface area (Å²) in [4.78, 5) is 10.4. The third-order valence-electron chi connectivity index (χ3n) is 4.46. The summed E-state index contributed by atoms with van der Waals surface area (Å²) in [5.74, 6) is 1.07. The molecule has 0 aromatic heterocycles. The minimum atomic E-state index is -0.670. The first-order valence-electron chi connectivity index (χ1n) is 8.68. The number of unbranched alkanes of at least 4 members (excludes halogenated alkanes) is 6. The van der Waals surface area contributed by atoms with Gasteiger partial charge in [-0.25, -0.2) is 0 Å². The molecule has 3 nitrogen and oxygen atoms in total. The van der Waals surface area contributed by atoms with Gasteiger partial charge in [0.25, 0.3) is 0 Å². The van der Waals surface area contributed by atoms with Gasteiger partial charge >= 0.3 is 5.97 Å². The number of benzene rings is 1. The largest absolute Gasteiger partial charge is 0.493 e. The second-order valence-electron chi connectivity index (χ2n) is 6.40. The lowest BCUT2D eigenvalue weighted by Gasteiger charge is -2.25. The number of carboxylic acids is 1. The molecule has 2 rings (SSSR count). The summed E-state index contributed by atoms with van der Waals surface area (Å²) < 4.78 is 5.83. The van der Waals surface area contributed by atoms with Crippen LogP contribution in [-0.4, -0.2) is 17.7 Å². The molecule has 3 heteroatoms. The number of aliphatic carboxylic acids is 1. The van der Waals surface area contributed by atoms with E-state index in [-0.39, 0.29) is 0 Å². The number of carbonyl (C=O) groups is 1. The number of rotatable bonds is 10. The van der Waals surface area contributed by atoms with Gasteiger partial charge in [0.05, 0.1) is 6.61 Å². The van der Waals surface area contributed by atoms with Gasteiger partial charge in [0.2, 0.25) is 0 Å². The predicted octanol–water partition coefficient (Wildman–Crippen LogP) is 4.83. The molecule has 0 aliphatic carbocycles. The zero-order valence-corrected chi connectivity index (χ0v) is 13.4. The van der Waals surface area contributed by atoms with Gasteiger partial charge in [-0.15, -0.1) is 0 Å². The highest BCUT2D eigenvalue weighted by atomic mass is 16.5. The highest BCUT2D eigenvalue weighted by Crippen LogP contribution is 2.29. The van der Waals surface area contributed by atoms with E-state index in [2.05, 4.69) is 18.2 Å². The first-order valence-corrected chi connectivity index (χ1v) is 8.68. The number of hydrogen-bond donors (Lipinski definition) is 1. The molecule has 22 heavy (non-hydrogen) atoms. The van der Waals surface area contributed by atoms with Crippen LogP contribution in [-0.2, 0) is 11.2 Å². The Morgan fingerprint density at radius 2 is 1.73 bits per heavy atom.